The van der Waals surface area contributed by atoms with E-state index in [0.717, 1.165) is 12.8 Å². The Morgan fingerprint density at radius 1 is 1.29 bits per heavy atom. The number of amides is 1. The number of esters is 1. The number of ether oxygens (including phenoxy) is 2. The van der Waals surface area contributed by atoms with Gasteiger partial charge in [-0.2, -0.15) is 0 Å². The van der Waals surface area contributed by atoms with Crippen molar-refractivity contribution in [3.05, 3.63) is 0 Å². The van der Waals surface area contributed by atoms with E-state index in [1.807, 2.05) is 0 Å². The Labute approximate surface area is 102 Å². The zero-order valence-electron chi connectivity index (χ0n) is 11.1. The summed E-state index contributed by atoms with van der Waals surface area (Å²) in [5.74, 6) is -0.414. The fourth-order valence-electron chi connectivity index (χ4n) is 1.57. The number of rotatable bonds is 3. The lowest BCUT2D eigenvalue weighted by Crippen LogP contribution is -2.47. The van der Waals surface area contributed by atoms with Gasteiger partial charge in [0.15, 0.2) is 0 Å². The molecule has 0 spiro atoms. The third-order valence-corrected chi connectivity index (χ3v) is 2.50. The van der Waals surface area contributed by atoms with Crippen LogP contribution in [0.4, 0.5) is 4.79 Å². The Morgan fingerprint density at radius 2 is 1.82 bits per heavy atom. The number of hydrogen-bond acceptors (Lipinski definition) is 4. The van der Waals surface area contributed by atoms with Gasteiger partial charge in [-0.05, 0) is 40.5 Å². The van der Waals surface area contributed by atoms with Crippen molar-refractivity contribution in [3.8, 4) is 0 Å². The van der Waals surface area contributed by atoms with Crippen LogP contribution in [0.1, 0.15) is 40.5 Å². The Morgan fingerprint density at radius 3 is 2.18 bits per heavy atom. The van der Waals surface area contributed by atoms with Crippen LogP contribution < -0.4 is 0 Å². The van der Waals surface area contributed by atoms with Crippen LogP contribution in [0.3, 0.4) is 0 Å². The monoisotopic (exact) mass is 243 g/mol. The van der Waals surface area contributed by atoms with Crippen molar-refractivity contribution in [2.75, 3.05) is 7.11 Å². The average Bonchev–Trinajstić information content (AvgIpc) is 2.98. The molecule has 0 aromatic heterocycles. The zero-order chi connectivity index (χ0) is 13.2. The molecule has 1 saturated carbocycles. The van der Waals surface area contributed by atoms with E-state index in [0.29, 0.717) is 0 Å². The molecule has 0 aromatic rings. The van der Waals surface area contributed by atoms with E-state index in [2.05, 4.69) is 4.74 Å². The predicted molar refractivity (Wildman–Crippen MR) is 62.6 cm³/mol. The maximum atomic E-state index is 12.0. The first kappa shape index (κ1) is 13.8. The highest BCUT2D eigenvalue weighted by Crippen LogP contribution is 2.30. The highest BCUT2D eigenvalue weighted by molar-refractivity contribution is 5.81. The maximum absolute atomic E-state index is 12.0. The smallest absolute Gasteiger partial charge is 0.411 e. The molecule has 17 heavy (non-hydrogen) atoms. The molecule has 0 aromatic carbocycles. The molecule has 1 aliphatic carbocycles. The topological polar surface area (TPSA) is 55.8 Å². The lowest BCUT2D eigenvalue weighted by molar-refractivity contribution is -0.146. The second kappa shape index (κ2) is 4.94. The maximum Gasteiger partial charge on any atom is 0.411 e. The van der Waals surface area contributed by atoms with Crippen LogP contribution in [0.15, 0.2) is 0 Å². The minimum absolute atomic E-state index is 0.110. The lowest BCUT2D eigenvalue weighted by atomic mass is 10.2. The van der Waals surface area contributed by atoms with Gasteiger partial charge in [0.25, 0.3) is 0 Å². The van der Waals surface area contributed by atoms with E-state index in [1.165, 1.54) is 12.0 Å². The quantitative estimate of drug-likeness (QED) is 0.711. The summed E-state index contributed by atoms with van der Waals surface area (Å²) in [7, 11) is 1.32. The Kier molecular flexibility index (Phi) is 4.01. The van der Waals surface area contributed by atoms with Gasteiger partial charge in [0.05, 0.1) is 7.11 Å². The summed E-state index contributed by atoms with van der Waals surface area (Å²) >= 11 is 0. The fraction of sp³-hybridized carbons (Fsp3) is 0.833. The summed E-state index contributed by atoms with van der Waals surface area (Å²) in [6.07, 6.45) is 1.39. The molecular weight excluding hydrogens is 222 g/mol. The third kappa shape index (κ3) is 3.91. The van der Waals surface area contributed by atoms with Crippen molar-refractivity contribution in [1.82, 2.24) is 4.90 Å². The highest BCUT2D eigenvalue weighted by atomic mass is 16.6. The van der Waals surface area contributed by atoms with E-state index < -0.39 is 23.7 Å². The van der Waals surface area contributed by atoms with Gasteiger partial charge < -0.3 is 9.47 Å². The van der Waals surface area contributed by atoms with Crippen molar-refractivity contribution < 1.29 is 19.1 Å². The molecule has 0 saturated heterocycles. The van der Waals surface area contributed by atoms with Crippen molar-refractivity contribution in [3.63, 3.8) is 0 Å². The molecular formula is C12H21NO4. The molecule has 0 unspecified atom stereocenters. The minimum atomic E-state index is -0.595. The van der Waals surface area contributed by atoms with Gasteiger partial charge in [-0.3, -0.25) is 4.90 Å². The molecule has 1 fully saturated rings. The number of carbonyl (C=O) groups is 2. The van der Waals surface area contributed by atoms with Crippen LogP contribution in [0, 0.1) is 0 Å². The van der Waals surface area contributed by atoms with Crippen LogP contribution >= 0.6 is 0 Å². The van der Waals surface area contributed by atoms with Crippen molar-refractivity contribution >= 4 is 12.1 Å². The molecule has 5 heteroatoms. The summed E-state index contributed by atoms with van der Waals surface area (Å²) < 4.78 is 9.96. The molecule has 0 radical (unpaired) electrons. The summed E-state index contributed by atoms with van der Waals surface area (Å²) in [6.45, 7) is 7.07. The van der Waals surface area contributed by atoms with Crippen LogP contribution in [-0.2, 0) is 14.3 Å². The van der Waals surface area contributed by atoms with Gasteiger partial charge in [0, 0.05) is 6.04 Å². The standard InChI is InChI=1S/C12H21NO4/c1-8(10(14)16-5)13(9-6-7-9)11(15)17-12(2,3)4/h8-9H,6-7H2,1-5H3/t8-/m0/s1. The fourth-order valence-corrected chi connectivity index (χ4v) is 1.57. The van der Waals surface area contributed by atoms with E-state index in [9.17, 15) is 9.59 Å². The second-order valence-corrected chi connectivity index (χ2v) is 5.32. The van der Waals surface area contributed by atoms with Crippen molar-refractivity contribution in [2.24, 2.45) is 0 Å². The summed E-state index contributed by atoms with van der Waals surface area (Å²) in [6, 6.07) is -0.485. The van der Waals surface area contributed by atoms with E-state index in [-0.39, 0.29) is 6.04 Å². The van der Waals surface area contributed by atoms with Crippen LogP contribution in [0.2, 0.25) is 0 Å². The molecule has 98 valence electrons. The van der Waals surface area contributed by atoms with E-state index in [1.54, 1.807) is 27.7 Å². The largest absolute Gasteiger partial charge is 0.467 e. The SMILES string of the molecule is COC(=O)[C@H](C)N(C(=O)OC(C)(C)C)C1CC1. The Hall–Kier alpha value is -1.26. The number of methoxy groups -OCH3 is 1. The molecule has 1 amide bonds. The van der Waals surface area contributed by atoms with Gasteiger partial charge in [-0.25, -0.2) is 9.59 Å². The summed E-state index contributed by atoms with van der Waals surface area (Å²) in [5, 5.41) is 0. The van der Waals surface area contributed by atoms with Gasteiger partial charge >= 0.3 is 12.1 Å². The second-order valence-electron chi connectivity index (χ2n) is 5.32. The number of hydrogen-bond donors (Lipinski definition) is 0. The van der Waals surface area contributed by atoms with E-state index >= 15 is 0 Å². The molecule has 0 N–H and O–H groups in total. The van der Waals surface area contributed by atoms with Crippen molar-refractivity contribution in [1.29, 1.82) is 0 Å². The molecule has 1 aliphatic rings. The molecule has 5 nitrogen and oxygen atoms in total. The van der Waals surface area contributed by atoms with Gasteiger partial charge in [-0.1, -0.05) is 0 Å². The van der Waals surface area contributed by atoms with Crippen LogP contribution in [0.25, 0.3) is 0 Å². The first-order chi connectivity index (χ1) is 7.76. The van der Waals surface area contributed by atoms with Crippen LogP contribution in [0.5, 0.6) is 0 Å². The van der Waals surface area contributed by atoms with Gasteiger partial charge in [-0.15, -0.1) is 0 Å². The Bertz CT molecular complexity index is 304. The third-order valence-electron chi connectivity index (χ3n) is 2.50. The summed E-state index contributed by atoms with van der Waals surface area (Å²) in [5.41, 5.74) is -0.555. The summed E-state index contributed by atoms with van der Waals surface area (Å²) in [4.78, 5) is 25.0. The normalized spacial score (nSPS) is 17.2. The van der Waals surface area contributed by atoms with Crippen LogP contribution in [-0.4, -0.2) is 41.8 Å². The van der Waals surface area contributed by atoms with Crippen molar-refractivity contribution in [2.45, 2.75) is 58.2 Å². The van der Waals surface area contributed by atoms with Gasteiger partial charge in [0.1, 0.15) is 11.6 Å². The highest BCUT2D eigenvalue weighted by Gasteiger charge is 2.40. The molecule has 0 heterocycles. The molecule has 0 aliphatic heterocycles. The molecule has 1 atom stereocenters. The number of carbonyl (C=O) groups excluding carboxylic acids is 2. The Balaban J connectivity index is 2.72. The predicted octanol–water partition coefficient (Wildman–Crippen LogP) is 1.95. The molecule has 1 rings (SSSR count). The first-order valence-corrected chi connectivity index (χ1v) is 5.85. The first-order valence-electron chi connectivity index (χ1n) is 5.85. The zero-order valence-corrected chi connectivity index (χ0v) is 11.1. The number of nitrogens with zero attached hydrogens (tertiary/aromatic N) is 1. The minimum Gasteiger partial charge on any atom is -0.467 e. The molecule has 0 bridgehead atoms. The van der Waals surface area contributed by atoms with Gasteiger partial charge in [0.2, 0.25) is 0 Å². The lowest BCUT2D eigenvalue weighted by Gasteiger charge is -2.30. The van der Waals surface area contributed by atoms with E-state index in [4.69, 9.17) is 4.74 Å². The average molecular weight is 243 g/mol.